The number of hydrogen-bond donors (Lipinski definition) is 1. The number of carbonyl (C=O) groups is 1. The summed E-state index contributed by atoms with van der Waals surface area (Å²) < 4.78 is 1.37. The van der Waals surface area contributed by atoms with Gasteiger partial charge >= 0.3 is 0 Å². The van der Waals surface area contributed by atoms with Crippen molar-refractivity contribution < 1.29 is 4.79 Å². The summed E-state index contributed by atoms with van der Waals surface area (Å²) in [6.07, 6.45) is 1.53. The minimum Gasteiger partial charge on any atom is -0.298 e. The number of thiophene rings is 1. The lowest BCUT2D eigenvalue weighted by Gasteiger charge is -2.03. The highest BCUT2D eigenvalue weighted by Crippen LogP contribution is 2.33. The lowest BCUT2D eigenvalue weighted by atomic mass is 10.3. The van der Waals surface area contributed by atoms with Gasteiger partial charge in [0.1, 0.15) is 5.15 Å². The molecule has 0 spiro atoms. The Balaban J connectivity index is 1.80. The van der Waals surface area contributed by atoms with Gasteiger partial charge in [-0.3, -0.25) is 10.1 Å². The van der Waals surface area contributed by atoms with Crippen molar-refractivity contribution in [2.45, 2.75) is 0 Å². The van der Waals surface area contributed by atoms with E-state index in [9.17, 15) is 4.79 Å². The molecule has 0 aromatic carbocycles. The molecule has 0 fully saturated rings. The van der Waals surface area contributed by atoms with Gasteiger partial charge in [-0.2, -0.15) is 0 Å². The topological polar surface area (TPSA) is 54.9 Å². The zero-order chi connectivity index (χ0) is 15.7. The van der Waals surface area contributed by atoms with Crippen molar-refractivity contribution in [3.8, 4) is 10.6 Å². The van der Waals surface area contributed by atoms with Crippen molar-refractivity contribution >= 4 is 72.8 Å². The van der Waals surface area contributed by atoms with Gasteiger partial charge < -0.3 is 0 Å². The van der Waals surface area contributed by atoms with E-state index in [1.165, 1.54) is 28.9 Å². The largest absolute Gasteiger partial charge is 0.298 e. The Morgan fingerprint density at radius 3 is 2.86 bits per heavy atom. The molecule has 3 aromatic rings. The van der Waals surface area contributed by atoms with E-state index in [-0.39, 0.29) is 16.6 Å². The molecule has 0 radical (unpaired) electrons. The van der Waals surface area contributed by atoms with E-state index in [1.54, 1.807) is 6.07 Å². The number of amides is 1. The summed E-state index contributed by atoms with van der Waals surface area (Å²) in [5, 5.41) is 5.21. The molecule has 0 aliphatic rings. The predicted octanol–water partition coefficient (Wildman–Crippen LogP) is 5.59. The van der Waals surface area contributed by atoms with E-state index in [4.69, 9.17) is 23.2 Å². The van der Waals surface area contributed by atoms with Gasteiger partial charge in [0.15, 0.2) is 5.13 Å². The van der Waals surface area contributed by atoms with Gasteiger partial charge in [-0.15, -0.1) is 22.7 Å². The Morgan fingerprint density at radius 2 is 2.14 bits per heavy atom. The summed E-state index contributed by atoms with van der Waals surface area (Å²) in [7, 11) is 0. The first-order valence-corrected chi connectivity index (χ1v) is 9.11. The zero-order valence-electron chi connectivity index (χ0n) is 10.6. The van der Waals surface area contributed by atoms with Crippen molar-refractivity contribution in [3.63, 3.8) is 0 Å². The number of rotatable bonds is 3. The first-order valence-electron chi connectivity index (χ1n) is 5.86. The van der Waals surface area contributed by atoms with Gasteiger partial charge in [-0.05, 0) is 34.1 Å². The second-order valence-electron chi connectivity index (χ2n) is 4.09. The van der Waals surface area contributed by atoms with Gasteiger partial charge in [-0.25, -0.2) is 9.97 Å². The molecule has 0 aliphatic heterocycles. The molecule has 0 unspecified atom stereocenters. The smallest absolute Gasteiger partial charge is 0.260 e. The summed E-state index contributed by atoms with van der Waals surface area (Å²) in [6.45, 7) is 0. The molecule has 0 saturated heterocycles. The number of aromatic nitrogens is 2. The van der Waals surface area contributed by atoms with Crippen LogP contribution < -0.4 is 5.32 Å². The molecule has 1 N–H and O–H groups in total. The molecule has 3 heterocycles. The SMILES string of the molecule is O=C(Nc1nc(-c2ccc(Cl)s2)cs1)c1cc(Br)cnc1Cl. The van der Waals surface area contributed by atoms with Crippen LogP contribution in [0.2, 0.25) is 9.49 Å². The molecule has 3 aromatic heterocycles. The van der Waals surface area contributed by atoms with Crippen molar-refractivity contribution in [1.82, 2.24) is 9.97 Å². The third-order valence-electron chi connectivity index (χ3n) is 2.60. The van der Waals surface area contributed by atoms with Gasteiger partial charge in [0.2, 0.25) is 0 Å². The fraction of sp³-hybridized carbons (Fsp3) is 0. The Bertz CT molecular complexity index is 849. The van der Waals surface area contributed by atoms with Crippen LogP contribution in [0.3, 0.4) is 0 Å². The number of pyridine rings is 1. The highest BCUT2D eigenvalue weighted by molar-refractivity contribution is 9.10. The Hall–Kier alpha value is -0.990. The van der Waals surface area contributed by atoms with E-state index in [2.05, 4.69) is 31.2 Å². The van der Waals surface area contributed by atoms with Crippen LogP contribution in [0.15, 0.2) is 34.2 Å². The minimum absolute atomic E-state index is 0.141. The fourth-order valence-corrected chi connectivity index (χ4v) is 3.95. The first-order chi connectivity index (χ1) is 10.5. The summed E-state index contributed by atoms with van der Waals surface area (Å²) in [6, 6.07) is 5.31. The third-order valence-corrected chi connectivity index (χ3v) is 5.35. The third kappa shape index (κ3) is 3.49. The van der Waals surface area contributed by atoms with Crippen LogP contribution in [-0.4, -0.2) is 15.9 Å². The molecule has 22 heavy (non-hydrogen) atoms. The average molecular weight is 435 g/mol. The molecule has 0 aliphatic carbocycles. The maximum Gasteiger partial charge on any atom is 0.260 e. The van der Waals surface area contributed by atoms with Crippen LogP contribution >= 0.6 is 61.8 Å². The van der Waals surface area contributed by atoms with Gasteiger partial charge in [0, 0.05) is 16.0 Å². The van der Waals surface area contributed by atoms with E-state index in [0.717, 1.165) is 10.6 Å². The fourth-order valence-electron chi connectivity index (χ4n) is 1.64. The van der Waals surface area contributed by atoms with Crippen molar-refractivity contribution in [1.29, 1.82) is 0 Å². The van der Waals surface area contributed by atoms with E-state index >= 15 is 0 Å². The molecule has 4 nitrogen and oxygen atoms in total. The summed E-state index contributed by atoms with van der Waals surface area (Å²) in [5.41, 5.74) is 1.06. The highest BCUT2D eigenvalue weighted by atomic mass is 79.9. The van der Waals surface area contributed by atoms with Gasteiger partial charge in [0.05, 0.1) is 20.5 Å². The van der Waals surface area contributed by atoms with Gasteiger partial charge in [-0.1, -0.05) is 23.2 Å². The number of thiazole rings is 1. The molecule has 0 bridgehead atoms. The van der Waals surface area contributed by atoms with Crippen molar-refractivity contribution in [2.24, 2.45) is 0 Å². The molecule has 1 amide bonds. The van der Waals surface area contributed by atoms with Crippen molar-refractivity contribution in [2.75, 3.05) is 5.32 Å². The standard InChI is InChI=1S/C13H6BrCl2N3OS2/c14-6-3-7(11(16)17-4-6)12(20)19-13-18-8(5-21-13)9-1-2-10(15)22-9/h1-5H,(H,18,19,20). The number of nitrogens with one attached hydrogen (secondary N) is 1. The first kappa shape index (κ1) is 15.9. The Labute approximate surface area is 152 Å². The summed E-state index contributed by atoms with van der Waals surface area (Å²) in [4.78, 5) is 21.5. The minimum atomic E-state index is -0.357. The molecule has 112 valence electrons. The quantitative estimate of drug-likeness (QED) is 0.546. The molecule has 9 heteroatoms. The summed E-state index contributed by atoms with van der Waals surface area (Å²) >= 11 is 17.9. The average Bonchev–Trinajstić information content (AvgIpc) is 3.10. The van der Waals surface area contributed by atoms with E-state index in [1.807, 2.05) is 17.5 Å². The molecule has 3 rings (SSSR count). The van der Waals surface area contributed by atoms with Gasteiger partial charge in [0.25, 0.3) is 5.91 Å². The second kappa shape index (κ2) is 6.64. The molecular weight excluding hydrogens is 429 g/mol. The molecular formula is C13H6BrCl2N3OS2. The number of halogens is 3. The number of carbonyl (C=O) groups excluding carboxylic acids is 1. The van der Waals surface area contributed by atoms with E-state index in [0.29, 0.717) is 13.9 Å². The Morgan fingerprint density at radius 1 is 1.32 bits per heavy atom. The van der Waals surface area contributed by atoms with Crippen molar-refractivity contribution in [3.05, 3.63) is 49.3 Å². The maximum atomic E-state index is 12.2. The number of anilines is 1. The monoisotopic (exact) mass is 433 g/mol. The van der Waals surface area contributed by atoms with Crippen LogP contribution in [0.25, 0.3) is 10.6 Å². The van der Waals surface area contributed by atoms with Crippen LogP contribution in [-0.2, 0) is 0 Å². The highest BCUT2D eigenvalue weighted by Gasteiger charge is 2.15. The lowest BCUT2D eigenvalue weighted by molar-refractivity contribution is 0.102. The van der Waals surface area contributed by atoms with Crippen LogP contribution in [0.5, 0.6) is 0 Å². The summed E-state index contributed by atoms with van der Waals surface area (Å²) in [5.74, 6) is -0.357. The van der Waals surface area contributed by atoms with Crippen LogP contribution in [0, 0.1) is 0 Å². The molecule has 0 atom stereocenters. The van der Waals surface area contributed by atoms with Crippen LogP contribution in [0.1, 0.15) is 10.4 Å². The lowest BCUT2D eigenvalue weighted by Crippen LogP contribution is -2.12. The normalized spacial score (nSPS) is 10.7. The second-order valence-corrected chi connectivity index (χ2v) is 7.93. The maximum absolute atomic E-state index is 12.2. The Kier molecular flexibility index (Phi) is 4.79. The van der Waals surface area contributed by atoms with Crippen LogP contribution in [0.4, 0.5) is 5.13 Å². The van der Waals surface area contributed by atoms with E-state index < -0.39 is 0 Å². The predicted molar refractivity (Wildman–Crippen MR) is 95.3 cm³/mol. The number of hydrogen-bond acceptors (Lipinski definition) is 5. The molecule has 0 saturated carbocycles. The number of nitrogens with zero attached hydrogens (tertiary/aromatic N) is 2. The zero-order valence-corrected chi connectivity index (χ0v) is 15.4.